The Labute approximate surface area is 146 Å². The van der Waals surface area contributed by atoms with Crippen LogP contribution < -0.4 is 14.8 Å². The number of amides is 1. The van der Waals surface area contributed by atoms with Gasteiger partial charge in [0.05, 0.1) is 0 Å². The SMILES string of the molecule is O=C(/C=C/c1ccc2c(c1)OCO2)NCCCc1ccccc1Cl. The summed E-state index contributed by atoms with van der Waals surface area (Å²) < 4.78 is 10.6. The molecule has 0 saturated heterocycles. The molecule has 2 aromatic rings. The number of aryl methyl sites for hydroxylation is 1. The van der Waals surface area contributed by atoms with Gasteiger partial charge < -0.3 is 14.8 Å². The lowest BCUT2D eigenvalue weighted by Gasteiger charge is -2.04. The lowest BCUT2D eigenvalue weighted by Crippen LogP contribution is -2.22. The lowest BCUT2D eigenvalue weighted by molar-refractivity contribution is -0.116. The fourth-order valence-electron chi connectivity index (χ4n) is 2.44. The number of hydrogen-bond acceptors (Lipinski definition) is 3. The third kappa shape index (κ3) is 4.30. The minimum Gasteiger partial charge on any atom is -0.454 e. The highest BCUT2D eigenvalue weighted by Gasteiger charge is 2.12. The van der Waals surface area contributed by atoms with Crippen molar-refractivity contribution >= 4 is 23.6 Å². The van der Waals surface area contributed by atoms with E-state index >= 15 is 0 Å². The van der Waals surface area contributed by atoms with Crippen LogP contribution in [0, 0.1) is 0 Å². The largest absolute Gasteiger partial charge is 0.454 e. The van der Waals surface area contributed by atoms with Crippen molar-refractivity contribution in [3.63, 3.8) is 0 Å². The molecule has 1 aliphatic heterocycles. The molecule has 3 rings (SSSR count). The summed E-state index contributed by atoms with van der Waals surface area (Å²) in [4.78, 5) is 11.8. The van der Waals surface area contributed by atoms with Crippen molar-refractivity contribution < 1.29 is 14.3 Å². The number of rotatable bonds is 6. The van der Waals surface area contributed by atoms with E-state index in [0.29, 0.717) is 12.3 Å². The molecular weight excluding hydrogens is 326 g/mol. The fraction of sp³-hybridized carbons (Fsp3) is 0.211. The van der Waals surface area contributed by atoms with Crippen molar-refractivity contribution in [3.05, 3.63) is 64.7 Å². The predicted molar refractivity (Wildman–Crippen MR) is 94.4 cm³/mol. The Kier molecular flexibility index (Phi) is 5.39. The molecule has 0 saturated carbocycles. The minimum absolute atomic E-state index is 0.119. The number of hydrogen-bond donors (Lipinski definition) is 1. The van der Waals surface area contributed by atoms with Crippen molar-refractivity contribution in [2.45, 2.75) is 12.8 Å². The Balaban J connectivity index is 1.43. The number of carbonyl (C=O) groups excluding carboxylic acids is 1. The molecule has 1 N–H and O–H groups in total. The zero-order valence-corrected chi connectivity index (χ0v) is 13.9. The van der Waals surface area contributed by atoms with Gasteiger partial charge in [0.15, 0.2) is 11.5 Å². The molecule has 0 unspecified atom stereocenters. The third-order valence-electron chi connectivity index (χ3n) is 3.70. The lowest BCUT2D eigenvalue weighted by atomic mass is 10.1. The van der Waals surface area contributed by atoms with Crippen LogP contribution in [-0.4, -0.2) is 19.2 Å². The van der Waals surface area contributed by atoms with E-state index < -0.39 is 0 Å². The molecular formula is C19H18ClNO3. The highest BCUT2D eigenvalue weighted by Crippen LogP contribution is 2.32. The first-order valence-electron chi connectivity index (χ1n) is 7.81. The molecule has 124 valence electrons. The first-order valence-corrected chi connectivity index (χ1v) is 8.19. The predicted octanol–water partition coefficient (Wildman–Crippen LogP) is 3.83. The number of nitrogens with one attached hydrogen (secondary N) is 1. The summed E-state index contributed by atoms with van der Waals surface area (Å²) in [6.45, 7) is 0.851. The topological polar surface area (TPSA) is 47.6 Å². The van der Waals surface area contributed by atoms with E-state index in [1.807, 2.05) is 42.5 Å². The summed E-state index contributed by atoms with van der Waals surface area (Å²) >= 11 is 6.11. The Hall–Kier alpha value is -2.46. The van der Waals surface area contributed by atoms with Crippen LogP contribution in [0.2, 0.25) is 5.02 Å². The van der Waals surface area contributed by atoms with Crippen LogP contribution in [0.25, 0.3) is 6.08 Å². The standard InChI is InChI=1S/C19H18ClNO3/c20-16-6-2-1-4-15(16)5-3-11-21-19(22)10-8-14-7-9-17-18(12-14)24-13-23-17/h1-2,4,6-10,12H,3,5,11,13H2,(H,21,22)/b10-8+. The molecule has 1 heterocycles. The van der Waals surface area contributed by atoms with Crippen molar-refractivity contribution in [1.82, 2.24) is 5.32 Å². The van der Waals surface area contributed by atoms with E-state index in [-0.39, 0.29) is 12.7 Å². The third-order valence-corrected chi connectivity index (χ3v) is 4.07. The van der Waals surface area contributed by atoms with Gasteiger partial charge in [0, 0.05) is 17.6 Å². The van der Waals surface area contributed by atoms with Gasteiger partial charge in [0.1, 0.15) is 0 Å². The molecule has 0 atom stereocenters. The average Bonchev–Trinajstić information content (AvgIpc) is 3.06. The van der Waals surface area contributed by atoms with Crippen LogP contribution in [-0.2, 0) is 11.2 Å². The van der Waals surface area contributed by atoms with Gasteiger partial charge >= 0.3 is 0 Å². The van der Waals surface area contributed by atoms with E-state index in [4.69, 9.17) is 21.1 Å². The summed E-state index contributed by atoms with van der Waals surface area (Å²) in [6.07, 6.45) is 4.96. The van der Waals surface area contributed by atoms with Crippen molar-refractivity contribution in [3.8, 4) is 11.5 Å². The summed E-state index contributed by atoms with van der Waals surface area (Å²) in [5.41, 5.74) is 2.00. The molecule has 0 fully saturated rings. The van der Waals surface area contributed by atoms with Crippen LogP contribution >= 0.6 is 11.6 Å². The highest BCUT2D eigenvalue weighted by atomic mass is 35.5. The van der Waals surface area contributed by atoms with Gasteiger partial charge in [-0.15, -0.1) is 0 Å². The van der Waals surface area contributed by atoms with E-state index in [0.717, 1.165) is 34.7 Å². The molecule has 0 aromatic heterocycles. The van der Waals surface area contributed by atoms with Crippen LogP contribution in [0.1, 0.15) is 17.5 Å². The number of benzene rings is 2. The van der Waals surface area contributed by atoms with Gasteiger partial charge in [0.2, 0.25) is 12.7 Å². The maximum atomic E-state index is 11.8. The summed E-state index contributed by atoms with van der Waals surface area (Å²) in [5, 5.41) is 3.64. The van der Waals surface area contributed by atoms with E-state index in [1.165, 1.54) is 6.08 Å². The number of carbonyl (C=O) groups is 1. The maximum Gasteiger partial charge on any atom is 0.243 e. The first-order chi connectivity index (χ1) is 11.7. The molecule has 5 heteroatoms. The number of fused-ring (bicyclic) bond motifs is 1. The molecule has 4 nitrogen and oxygen atoms in total. The highest BCUT2D eigenvalue weighted by molar-refractivity contribution is 6.31. The molecule has 24 heavy (non-hydrogen) atoms. The van der Waals surface area contributed by atoms with Crippen LogP contribution in [0.4, 0.5) is 0 Å². The maximum absolute atomic E-state index is 11.8. The second-order valence-electron chi connectivity index (χ2n) is 5.43. The molecule has 0 radical (unpaired) electrons. The quantitative estimate of drug-likeness (QED) is 0.640. The van der Waals surface area contributed by atoms with Crippen LogP contribution in [0.3, 0.4) is 0 Å². The van der Waals surface area contributed by atoms with Crippen LogP contribution in [0.5, 0.6) is 11.5 Å². The number of halogens is 1. The van der Waals surface area contributed by atoms with Crippen molar-refractivity contribution in [1.29, 1.82) is 0 Å². The summed E-state index contributed by atoms with van der Waals surface area (Å²) in [5.74, 6) is 1.32. The Morgan fingerprint density at radius 2 is 2.00 bits per heavy atom. The summed E-state index contributed by atoms with van der Waals surface area (Å²) in [7, 11) is 0. The molecule has 2 aromatic carbocycles. The minimum atomic E-state index is -0.119. The Morgan fingerprint density at radius 1 is 1.17 bits per heavy atom. The Bertz CT molecular complexity index is 758. The van der Waals surface area contributed by atoms with Gasteiger partial charge in [-0.3, -0.25) is 4.79 Å². The van der Waals surface area contributed by atoms with Crippen molar-refractivity contribution in [2.24, 2.45) is 0 Å². The van der Waals surface area contributed by atoms with E-state index in [1.54, 1.807) is 6.08 Å². The van der Waals surface area contributed by atoms with Crippen molar-refractivity contribution in [2.75, 3.05) is 13.3 Å². The van der Waals surface area contributed by atoms with Gasteiger partial charge in [-0.1, -0.05) is 35.9 Å². The van der Waals surface area contributed by atoms with Gasteiger partial charge in [0.25, 0.3) is 0 Å². The second kappa shape index (κ2) is 7.88. The van der Waals surface area contributed by atoms with E-state index in [9.17, 15) is 4.79 Å². The van der Waals surface area contributed by atoms with E-state index in [2.05, 4.69) is 5.32 Å². The average molecular weight is 344 g/mol. The first kappa shape index (κ1) is 16.4. The zero-order valence-electron chi connectivity index (χ0n) is 13.1. The monoisotopic (exact) mass is 343 g/mol. The fourth-order valence-corrected chi connectivity index (χ4v) is 2.67. The normalized spacial score (nSPS) is 12.5. The second-order valence-corrected chi connectivity index (χ2v) is 5.84. The zero-order chi connectivity index (χ0) is 16.8. The van der Waals surface area contributed by atoms with Gasteiger partial charge in [-0.25, -0.2) is 0 Å². The number of ether oxygens (including phenoxy) is 2. The Morgan fingerprint density at radius 3 is 2.88 bits per heavy atom. The smallest absolute Gasteiger partial charge is 0.243 e. The molecule has 1 amide bonds. The van der Waals surface area contributed by atoms with Crippen LogP contribution in [0.15, 0.2) is 48.5 Å². The van der Waals surface area contributed by atoms with Gasteiger partial charge in [-0.05, 0) is 48.2 Å². The molecule has 0 spiro atoms. The molecule has 1 aliphatic rings. The molecule has 0 bridgehead atoms. The van der Waals surface area contributed by atoms with Gasteiger partial charge in [-0.2, -0.15) is 0 Å². The summed E-state index contributed by atoms with van der Waals surface area (Å²) in [6, 6.07) is 13.3. The molecule has 0 aliphatic carbocycles.